The summed E-state index contributed by atoms with van der Waals surface area (Å²) in [6.07, 6.45) is 0. The van der Waals surface area contributed by atoms with Gasteiger partial charge in [0.25, 0.3) is 0 Å². The molecule has 54 valence electrons. The first-order chi connectivity index (χ1) is 4.61. The fourth-order valence-electron chi connectivity index (χ4n) is 0.487. The summed E-state index contributed by atoms with van der Waals surface area (Å²) in [5, 5.41) is 8.29. The molecule has 0 aliphatic heterocycles. The minimum Gasteiger partial charge on any atom is -0.477 e. The fraction of sp³-hybridized carbons (Fsp3) is 0. The number of carbonyl (C=O) groups is 1. The third-order valence-corrected chi connectivity index (χ3v) is 2.08. The van der Waals surface area contributed by atoms with Crippen molar-refractivity contribution in [2.45, 2.75) is 0 Å². The van der Waals surface area contributed by atoms with E-state index >= 15 is 0 Å². The maximum Gasteiger partial charge on any atom is 0.348 e. The second-order valence-corrected chi connectivity index (χ2v) is 3.22. The van der Waals surface area contributed by atoms with E-state index in [1.165, 1.54) is 0 Å². The number of thiophene rings is 1. The SMILES string of the molecule is O=C(O)c1sc(Cl)cc1F. The molecule has 0 atom stereocenters. The van der Waals surface area contributed by atoms with Gasteiger partial charge in [0.2, 0.25) is 0 Å². The van der Waals surface area contributed by atoms with Crippen LogP contribution >= 0.6 is 22.9 Å². The van der Waals surface area contributed by atoms with Gasteiger partial charge < -0.3 is 5.11 Å². The van der Waals surface area contributed by atoms with Crippen LogP contribution in [0, 0.1) is 5.82 Å². The van der Waals surface area contributed by atoms with Crippen LogP contribution in [-0.4, -0.2) is 11.1 Å². The van der Waals surface area contributed by atoms with E-state index in [-0.39, 0.29) is 9.21 Å². The van der Waals surface area contributed by atoms with Crippen molar-refractivity contribution in [1.29, 1.82) is 0 Å². The minimum absolute atomic E-state index is 0.148. The average Bonchev–Trinajstić information content (AvgIpc) is 2.10. The van der Waals surface area contributed by atoms with Crippen molar-refractivity contribution in [3.05, 3.63) is 21.1 Å². The lowest BCUT2D eigenvalue weighted by atomic mass is 10.4. The van der Waals surface area contributed by atoms with Gasteiger partial charge in [-0.15, -0.1) is 11.3 Å². The lowest BCUT2D eigenvalue weighted by molar-refractivity contribution is 0.0698. The Labute approximate surface area is 64.9 Å². The molecule has 0 bridgehead atoms. The van der Waals surface area contributed by atoms with Crippen molar-refractivity contribution in [3.8, 4) is 0 Å². The second-order valence-electron chi connectivity index (χ2n) is 1.53. The number of hydrogen-bond donors (Lipinski definition) is 1. The zero-order valence-electron chi connectivity index (χ0n) is 4.60. The zero-order valence-corrected chi connectivity index (χ0v) is 6.17. The predicted octanol–water partition coefficient (Wildman–Crippen LogP) is 2.24. The quantitative estimate of drug-likeness (QED) is 0.720. The van der Waals surface area contributed by atoms with Crippen LogP contribution < -0.4 is 0 Å². The molecule has 1 aromatic rings. The van der Waals surface area contributed by atoms with Crippen molar-refractivity contribution in [3.63, 3.8) is 0 Å². The molecule has 0 aliphatic rings. The molecular formula is C5H2ClFO2S. The first-order valence-corrected chi connectivity index (χ1v) is 3.49. The molecule has 0 unspecified atom stereocenters. The molecule has 0 radical (unpaired) electrons. The Kier molecular flexibility index (Phi) is 1.92. The van der Waals surface area contributed by atoms with Crippen LogP contribution in [0.15, 0.2) is 6.07 Å². The van der Waals surface area contributed by atoms with Crippen LogP contribution in [0.3, 0.4) is 0 Å². The highest BCUT2D eigenvalue weighted by Gasteiger charge is 2.13. The molecule has 1 aromatic heterocycles. The second kappa shape index (κ2) is 2.56. The van der Waals surface area contributed by atoms with Gasteiger partial charge in [0, 0.05) is 6.07 Å². The van der Waals surface area contributed by atoms with E-state index in [2.05, 4.69) is 0 Å². The summed E-state index contributed by atoms with van der Waals surface area (Å²) in [5.74, 6) is -2.06. The molecule has 0 saturated carbocycles. The van der Waals surface area contributed by atoms with E-state index in [1.807, 2.05) is 0 Å². The van der Waals surface area contributed by atoms with Gasteiger partial charge in [0.05, 0.1) is 4.34 Å². The summed E-state index contributed by atoms with van der Waals surface area (Å²) in [4.78, 5) is 9.80. The Morgan fingerprint density at radius 2 is 2.40 bits per heavy atom. The standard InChI is InChI=1S/C5H2ClFO2S/c6-3-1-2(7)4(10-3)5(8)9/h1H,(H,8,9). The Bertz CT molecular complexity index is 271. The third kappa shape index (κ3) is 1.27. The highest BCUT2D eigenvalue weighted by molar-refractivity contribution is 7.17. The normalized spacial score (nSPS) is 9.80. The first-order valence-electron chi connectivity index (χ1n) is 2.29. The lowest BCUT2D eigenvalue weighted by Crippen LogP contribution is -1.93. The molecule has 0 saturated heterocycles. The Morgan fingerprint density at radius 3 is 2.60 bits per heavy atom. The Balaban J connectivity index is 3.15. The zero-order chi connectivity index (χ0) is 7.72. The number of hydrogen-bond acceptors (Lipinski definition) is 2. The van der Waals surface area contributed by atoms with Gasteiger partial charge in [0.15, 0.2) is 0 Å². The van der Waals surface area contributed by atoms with Crippen molar-refractivity contribution in [1.82, 2.24) is 0 Å². The Hall–Kier alpha value is -0.610. The van der Waals surface area contributed by atoms with E-state index in [4.69, 9.17) is 16.7 Å². The topological polar surface area (TPSA) is 37.3 Å². The van der Waals surface area contributed by atoms with Crippen LogP contribution in [0.25, 0.3) is 0 Å². The molecule has 0 aromatic carbocycles. The molecule has 10 heavy (non-hydrogen) atoms. The molecule has 1 heterocycles. The van der Waals surface area contributed by atoms with Crippen LogP contribution in [0.1, 0.15) is 9.67 Å². The van der Waals surface area contributed by atoms with Crippen LogP contribution in [-0.2, 0) is 0 Å². The predicted molar refractivity (Wildman–Crippen MR) is 36.2 cm³/mol. The van der Waals surface area contributed by atoms with Gasteiger partial charge in [-0.3, -0.25) is 0 Å². The smallest absolute Gasteiger partial charge is 0.348 e. The molecule has 0 aliphatic carbocycles. The van der Waals surface area contributed by atoms with Crippen molar-refractivity contribution < 1.29 is 14.3 Å². The summed E-state index contributed by atoms with van der Waals surface area (Å²) in [6, 6.07) is 0.982. The molecule has 0 spiro atoms. The summed E-state index contributed by atoms with van der Waals surface area (Å²) in [6.45, 7) is 0. The third-order valence-electron chi connectivity index (χ3n) is 0.851. The van der Waals surface area contributed by atoms with Gasteiger partial charge in [-0.25, -0.2) is 9.18 Å². The average molecular weight is 181 g/mol. The van der Waals surface area contributed by atoms with Crippen LogP contribution in [0.5, 0.6) is 0 Å². The largest absolute Gasteiger partial charge is 0.477 e. The Morgan fingerprint density at radius 1 is 1.80 bits per heavy atom. The van der Waals surface area contributed by atoms with Crippen LogP contribution in [0.4, 0.5) is 4.39 Å². The number of carboxylic acid groups (broad SMARTS) is 1. The molecule has 2 nitrogen and oxygen atoms in total. The fourth-order valence-corrected chi connectivity index (χ4v) is 1.42. The minimum atomic E-state index is -1.28. The molecule has 1 N–H and O–H groups in total. The highest BCUT2D eigenvalue weighted by Crippen LogP contribution is 2.24. The summed E-state index contributed by atoms with van der Waals surface area (Å²) >= 11 is 6.04. The number of aromatic carboxylic acids is 1. The molecule has 0 amide bonds. The summed E-state index contributed by atoms with van der Waals surface area (Å²) < 4.78 is 12.6. The monoisotopic (exact) mass is 180 g/mol. The van der Waals surface area contributed by atoms with E-state index in [0.717, 1.165) is 6.07 Å². The number of halogens is 2. The molecule has 5 heteroatoms. The van der Waals surface area contributed by atoms with Gasteiger partial charge in [-0.2, -0.15) is 0 Å². The van der Waals surface area contributed by atoms with Gasteiger partial charge in [-0.1, -0.05) is 11.6 Å². The highest BCUT2D eigenvalue weighted by atomic mass is 35.5. The number of carboxylic acids is 1. The summed E-state index contributed by atoms with van der Waals surface area (Å²) in [7, 11) is 0. The van der Waals surface area contributed by atoms with E-state index in [1.54, 1.807) is 0 Å². The van der Waals surface area contributed by atoms with Crippen LogP contribution in [0.2, 0.25) is 4.34 Å². The number of rotatable bonds is 1. The summed E-state index contributed by atoms with van der Waals surface area (Å²) in [5.41, 5.74) is 0. The van der Waals surface area contributed by atoms with Gasteiger partial charge >= 0.3 is 5.97 Å². The van der Waals surface area contributed by atoms with Gasteiger partial charge in [-0.05, 0) is 0 Å². The first kappa shape index (κ1) is 7.50. The van der Waals surface area contributed by atoms with E-state index in [0.29, 0.717) is 11.3 Å². The van der Waals surface area contributed by atoms with Crippen molar-refractivity contribution in [2.75, 3.05) is 0 Å². The maximum atomic E-state index is 12.4. The van der Waals surface area contributed by atoms with Crippen molar-refractivity contribution in [2.24, 2.45) is 0 Å². The lowest BCUT2D eigenvalue weighted by Gasteiger charge is -1.82. The van der Waals surface area contributed by atoms with Gasteiger partial charge in [0.1, 0.15) is 10.7 Å². The van der Waals surface area contributed by atoms with E-state index in [9.17, 15) is 9.18 Å². The molecule has 0 fully saturated rings. The molecular weight excluding hydrogens is 179 g/mol. The van der Waals surface area contributed by atoms with Crippen molar-refractivity contribution >= 4 is 28.9 Å². The molecule has 1 rings (SSSR count). The maximum absolute atomic E-state index is 12.4. The van der Waals surface area contributed by atoms with E-state index < -0.39 is 11.8 Å².